The number of rotatable bonds is 1. The highest BCUT2D eigenvalue weighted by Crippen LogP contribution is 2.29. The van der Waals surface area contributed by atoms with E-state index in [2.05, 4.69) is 23.0 Å². The molecule has 0 saturated carbocycles. The van der Waals surface area contributed by atoms with Gasteiger partial charge in [-0.25, -0.2) is 0 Å². The van der Waals surface area contributed by atoms with Gasteiger partial charge in [0.25, 0.3) is 0 Å². The Morgan fingerprint density at radius 1 is 1.67 bits per heavy atom. The Kier molecular flexibility index (Phi) is 2.09. The average Bonchev–Trinajstić information content (AvgIpc) is 2.53. The highest BCUT2D eigenvalue weighted by Gasteiger charge is 2.21. The smallest absolute Gasteiger partial charge is 0.299 e. The van der Waals surface area contributed by atoms with Crippen LogP contribution in [0.1, 0.15) is 25.9 Å². The molecule has 2 nitrogen and oxygen atoms in total. The summed E-state index contributed by atoms with van der Waals surface area (Å²) in [6.07, 6.45) is 6.41. The fourth-order valence-corrected chi connectivity index (χ4v) is 1.90. The molecule has 0 spiro atoms. The summed E-state index contributed by atoms with van der Waals surface area (Å²) in [7, 11) is 2.19. The monoisotopic (exact) mass is 163 g/mol. The zero-order valence-electron chi connectivity index (χ0n) is 8.40. The molecule has 0 aliphatic carbocycles. The summed E-state index contributed by atoms with van der Waals surface area (Å²) in [5.41, 5.74) is 1.36. The molecule has 0 amide bonds. The molecule has 1 unspecified atom stereocenters. The summed E-state index contributed by atoms with van der Waals surface area (Å²) in [4.78, 5) is 6.54. The Morgan fingerprint density at radius 3 is 3.17 bits per heavy atom. The van der Waals surface area contributed by atoms with Crippen LogP contribution in [0.25, 0.3) is 0 Å². The van der Waals surface area contributed by atoms with Crippen LogP contribution in [0.15, 0.2) is 24.5 Å². The first-order valence-corrected chi connectivity index (χ1v) is 4.48. The maximum atomic E-state index is 4.14. The fraction of sp³-hybridized carbons (Fsp3) is 0.500. The second kappa shape index (κ2) is 3.23. The van der Waals surface area contributed by atoms with Gasteiger partial charge in [0.1, 0.15) is 0 Å². The van der Waals surface area contributed by atoms with Crippen molar-refractivity contribution in [2.24, 2.45) is 0 Å². The maximum absolute atomic E-state index is 4.14. The van der Waals surface area contributed by atoms with Crippen molar-refractivity contribution in [2.45, 2.75) is 18.9 Å². The average molecular weight is 163 g/mol. The van der Waals surface area contributed by atoms with E-state index >= 15 is 0 Å². The van der Waals surface area contributed by atoms with Gasteiger partial charge in [-0.1, -0.05) is 6.07 Å². The molecule has 1 atom stereocenters. The van der Waals surface area contributed by atoms with Gasteiger partial charge in [0.05, 0.1) is 0 Å². The third-order valence-electron chi connectivity index (χ3n) is 2.59. The van der Waals surface area contributed by atoms with Crippen LogP contribution in [0.5, 0.6) is 0 Å². The Balaban J connectivity index is 0.000000845. The van der Waals surface area contributed by atoms with Crippen molar-refractivity contribution < 1.29 is 1.43 Å². The first-order chi connectivity index (χ1) is 5.88. The quantitative estimate of drug-likeness (QED) is 0.629. The molecule has 2 heteroatoms. The lowest BCUT2D eigenvalue weighted by Crippen LogP contribution is -2.17. The minimum absolute atomic E-state index is 0. The van der Waals surface area contributed by atoms with Crippen molar-refractivity contribution in [1.29, 1.82) is 0 Å². The number of hydrogen-bond acceptors (Lipinski definition) is 2. The van der Waals surface area contributed by atoms with Crippen LogP contribution in [0, 0.1) is 0 Å². The van der Waals surface area contributed by atoms with Gasteiger partial charge in [-0.3, -0.25) is 9.88 Å². The second-order valence-corrected chi connectivity index (χ2v) is 3.42. The summed E-state index contributed by atoms with van der Waals surface area (Å²) in [5.74, 6) is 0. The maximum Gasteiger partial charge on any atom is 1.00 e. The lowest BCUT2D eigenvalue weighted by molar-refractivity contribution is 0.317. The molecule has 1 aliphatic rings. The van der Waals surface area contributed by atoms with Crippen LogP contribution in [0.4, 0.5) is 0 Å². The minimum atomic E-state index is 0. The van der Waals surface area contributed by atoms with E-state index in [1.54, 1.807) is 0 Å². The third-order valence-corrected chi connectivity index (χ3v) is 2.59. The van der Waals surface area contributed by atoms with Gasteiger partial charge >= 0.3 is 1.43 Å². The van der Waals surface area contributed by atoms with E-state index in [9.17, 15) is 0 Å². The van der Waals surface area contributed by atoms with E-state index in [1.165, 1.54) is 24.9 Å². The number of hydrogen-bond donors (Lipinski definition) is 0. The topological polar surface area (TPSA) is 16.1 Å². The highest BCUT2D eigenvalue weighted by atomic mass is 15.1. The van der Waals surface area contributed by atoms with Gasteiger partial charge in [0.15, 0.2) is 0 Å². The van der Waals surface area contributed by atoms with E-state index in [0.717, 1.165) is 0 Å². The summed E-state index contributed by atoms with van der Waals surface area (Å²) in [5, 5.41) is 0. The van der Waals surface area contributed by atoms with Crippen LogP contribution < -0.4 is 0 Å². The van der Waals surface area contributed by atoms with Crippen molar-refractivity contribution in [3.05, 3.63) is 30.1 Å². The molecule has 1 saturated heterocycles. The molecule has 0 N–H and O–H groups in total. The number of nitrogens with zero attached hydrogens (tertiary/aromatic N) is 2. The molecule has 2 heterocycles. The van der Waals surface area contributed by atoms with E-state index in [0.29, 0.717) is 6.04 Å². The number of pyridine rings is 1. The predicted octanol–water partition coefficient (Wildman–Crippen LogP) is 1.96. The molecule has 0 bridgehead atoms. The van der Waals surface area contributed by atoms with Crippen molar-refractivity contribution >= 4 is 0 Å². The second-order valence-electron chi connectivity index (χ2n) is 3.42. The molecule has 1 aliphatic heterocycles. The normalized spacial score (nSPS) is 24.6. The first-order valence-electron chi connectivity index (χ1n) is 4.48. The van der Waals surface area contributed by atoms with E-state index < -0.39 is 0 Å². The Hall–Kier alpha value is -0.890. The van der Waals surface area contributed by atoms with Crippen LogP contribution in [-0.2, 0) is 0 Å². The third kappa shape index (κ3) is 1.34. The Bertz CT molecular complexity index is 250. The highest BCUT2D eigenvalue weighted by molar-refractivity contribution is 5.14. The molecule has 1 aromatic heterocycles. The zero-order chi connectivity index (χ0) is 8.39. The molecular formula is C10H15N2+. The first kappa shape index (κ1) is 7.74. The lowest BCUT2D eigenvalue weighted by Gasteiger charge is -2.18. The van der Waals surface area contributed by atoms with E-state index in [1.807, 2.05) is 18.5 Å². The van der Waals surface area contributed by atoms with Crippen molar-refractivity contribution in [3.63, 3.8) is 0 Å². The van der Waals surface area contributed by atoms with Crippen LogP contribution in [0.3, 0.4) is 0 Å². The molecule has 64 valence electrons. The minimum Gasteiger partial charge on any atom is -0.299 e. The molecule has 1 fully saturated rings. The summed E-state index contributed by atoms with van der Waals surface area (Å²) >= 11 is 0. The van der Waals surface area contributed by atoms with Crippen molar-refractivity contribution in [2.75, 3.05) is 13.6 Å². The molecular weight excluding hydrogens is 148 g/mol. The van der Waals surface area contributed by atoms with Gasteiger partial charge < -0.3 is 0 Å². The number of aromatic nitrogens is 1. The fourth-order valence-electron chi connectivity index (χ4n) is 1.90. The van der Waals surface area contributed by atoms with Gasteiger partial charge in [-0.15, -0.1) is 0 Å². The van der Waals surface area contributed by atoms with Gasteiger partial charge in [0, 0.05) is 18.4 Å². The largest absolute Gasteiger partial charge is 1.00 e. The summed E-state index contributed by atoms with van der Waals surface area (Å²) < 4.78 is 0. The van der Waals surface area contributed by atoms with E-state index in [-0.39, 0.29) is 1.43 Å². The van der Waals surface area contributed by atoms with E-state index in [4.69, 9.17) is 0 Å². The Labute approximate surface area is 74.7 Å². The summed E-state index contributed by atoms with van der Waals surface area (Å²) in [6.45, 7) is 1.22. The lowest BCUT2D eigenvalue weighted by atomic mass is 10.1. The van der Waals surface area contributed by atoms with Crippen molar-refractivity contribution in [3.8, 4) is 0 Å². The number of likely N-dealkylation sites (tertiary alicyclic amines) is 1. The van der Waals surface area contributed by atoms with Crippen LogP contribution in [-0.4, -0.2) is 23.5 Å². The molecule has 1 aromatic rings. The van der Waals surface area contributed by atoms with Gasteiger partial charge in [-0.2, -0.15) is 0 Å². The van der Waals surface area contributed by atoms with Gasteiger partial charge in [0.2, 0.25) is 0 Å². The van der Waals surface area contributed by atoms with Crippen molar-refractivity contribution in [1.82, 2.24) is 9.88 Å². The molecule has 2 rings (SSSR count). The molecule has 12 heavy (non-hydrogen) atoms. The SMILES string of the molecule is CN1CCCC1c1cccnc1.[H+]. The Morgan fingerprint density at radius 2 is 2.58 bits per heavy atom. The molecule has 0 radical (unpaired) electrons. The predicted molar refractivity (Wildman–Crippen MR) is 50.0 cm³/mol. The van der Waals surface area contributed by atoms with Crippen LogP contribution in [0.2, 0.25) is 0 Å². The zero-order valence-corrected chi connectivity index (χ0v) is 7.40. The summed E-state index contributed by atoms with van der Waals surface area (Å²) in [6, 6.07) is 4.79. The standard InChI is InChI=1S/C10H14N2/c1-12-7-3-5-10(12)9-4-2-6-11-8-9/h2,4,6,8,10H,3,5,7H2,1H3/p+1. The van der Waals surface area contributed by atoms with Crippen LogP contribution >= 0.6 is 0 Å². The molecule has 0 aromatic carbocycles. The van der Waals surface area contributed by atoms with Gasteiger partial charge in [-0.05, 0) is 38.1 Å².